The van der Waals surface area contributed by atoms with Gasteiger partial charge in [-0.15, -0.1) is 0 Å². The van der Waals surface area contributed by atoms with Crippen LogP contribution in [0.15, 0.2) is 176 Å². The molecule has 0 spiro atoms. The average molecular weight is 930 g/mol. The molecular formula is C61H41F6N3. The standard InChI is InChI=1S/C61H41F6N3/c1-35-21-36(2)24-43(23-35)39-14-18-57-52(29-39)49-9-5-7-11-55(49)69(57)48-17-13-42(34-68)51(33-48)54-31-41(45-27-46(60(62,63)64)32-47(28-45)61(65,66)67)16-20-59(54)70-56-12-8-6-10-50(56)53-30-40(15-19-58(53)70)44-25-37(3)22-38(4)26-44/h5-33H,1-4H3. The van der Waals surface area contributed by atoms with Crippen LogP contribution in [0.2, 0.25) is 0 Å². The summed E-state index contributed by atoms with van der Waals surface area (Å²) in [6.45, 7) is 8.27. The third-order valence-electron chi connectivity index (χ3n) is 13.3. The Morgan fingerprint density at radius 3 is 1.33 bits per heavy atom. The number of para-hydroxylation sites is 2. The molecule has 2 aromatic heterocycles. The van der Waals surface area contributed by atoms with E-state index in [4.69, 9.17) is 0 Å². The highest BCUT2D eigenvalue weighted by molar-refractivity contribution is 6.12. The Labute approximate surface area is 399 Å². The van der Waals surface area contributed by atoms with Crippen LogP contribution in [0.3, 0.4) is 0 Å². The van der Waals surface area contributed by atoms with Crippen LogP contribution in [0.1, 0.15) is 38.9 Å². The lowest BCUT2D eigenvalue weighted by molar-refractivity contribution is -0.143. The number of fused-ring (bicyclic) bond motifs is 6. The molecular weight excluding hydrogens is 889 g/mol. The number of hydrogen-bond acceptors (Lipinski definition) is 1. The summed E-state index contributed by atoms with van der Waals surface area (Å²) < 4.78 is 90.3. The van der Waals surface area contributed by atoms with Crippen LogP contribution in [-0.2, 0) is 12.4 Å². The molecule has 2 heterocycles. The SMILES string of the molecule is Cc1cc(C)cc(-c2ccc3c(c2)c2ccccc2n3-c2ccc(C#N)c(-c3cc(-c4cc(C(F)(F)F)cc(C(F)(F)F)c4)ccc3-n3c4ccccc4c4cc(-c5cc(C)cc(C)c5)ccc43)c2)c1. The molecule has 70 heavy (non-hydrogen) atoms. The molecule has 11 aromatic rings. The molecule has 9 heteroatoms. The largest absolute Gasteiger partial charge is 0.416 e. The second-order valence-electron chi connectivity index (χ2n) is 18.3. The van der Waals surface area contributed by atoms with E-state index in [1.807, 2.05) is 60.7 Å². The first-order valence-electron chi connectivity index (χ1n) is 22.8. The average Bonchev–Trinajstić information content (AvgIpc) is 3.84. The highest BCUT2D eigenvalue weighted by atomic mass is 19.4. The molecule has 3 nitrogen and oxygen atoms in total. The van der Waals surface area contributed by atoms with Gasteiger partial charge in [0.15, 0.2) is 0 Å². The summed E-state index contributed by atoms with van der Waals surface area (Å²) in [4.78, 5) is 0. The van der Waals surface area contributed by atoms with Gasteiger partial charge < -0.3 is 9.13 Å². The molecule has 0 bridgehead atoms. The van der Waals surface area contributed by atoms with E-state index in [1.165, 1.54) is 0 Å². The smallest absolute Gasteiger partial charge is 0.309 e. The van der Waals surface area contributed by atoms with Crippen molar-refractivity contribution in [3.63, 3.8) is 0 Å². The fourth-order valence-corrected chi connectivity index (χ4v) is 10.4. The molecule has 9 aromatic carbocycles. The minimum Gasteiger partial charge on any atom is -0.309 e. The zero-order valence-electron chi connectivity index (χ0n) is 38.4. The zero-order valence-corrected chi connectivity index (χ0v) is 38.4. The second-order valence-corrected chi connectivity index (χ2v) is 18.3. The lowest BCUT2D eigenvalue weighted by Gasteiger charge is -2.19. The molecule has 0 amide bonds. The predicted molar refractivity (Wildman–Crippen MR) is 271 cm³/mol. The fourth-order valence-electron chi connectivity index (χ4n) is 10.4. The van der Waals surface area contributed by atoms with E-state index in [0.29, 0.717) is 22.5 Å². The number of alkyl halides is 6. The van der Waals surface area contributed by atoms with E-state index < -0.39 is 23.5 Å². The molecule has 0 fully saturated rings. The fraction of sp³-hybridized carbons (Fsp3) is 0.0984. The normalized spacial score (nSPS) is 12.1. The maximum Gasteiger partial charge on any atom is 0.416 e. The van der Waals surface area contributed by atoms with Crippen molar-refractivity contribution < 1.29 is 26.3 Å². The number of halogens is 6. The Kier molecular flexibility index (Phi) is 10.4. The molecule has 0 aliphatic carbocycles. The van der Waals surface area contributed by atoms with Gasteiger partial charge in [0.1, 0.15) is 0 Å². The first-order valence-corrected chi connectivity index (χ1v) is 22.8. The van der Waals surface area contributed by atoms with Crippen molar-refractivity contribution in [2.75, 3.05) is 0 Å². The number of nitriles is 1. The third kappa shape index (κ3) is 7.66. The van der Waals surface area contributed by atoms with Crippen molar-refractivity contribution >= 4 is 43.6 Å². The highest BCUT2D eigenvalue weighted by Gasteiger charge is 2.37. The van der Waals surface area contributed by atoms with Gasteiger partial charge in [-0.05, 0) is 146 Å². The molecule has 0 radical (unpaired) electrons. The van der Waals surface area contributed by atoms with Crippen LogP contribution >= 0.6 is 0 Å². The van der Waals surface area contributed by atoms with Crippen molar-refractivity contribution in [2.24, 2.45) is 0 Å². The number of aromatic nitrogens is 2. The van der Waals surface area contributed by atoms with Crippen LogP contribution in [0, 0.1) is 39.0 Å². The summed E-state index contributed by atoms with van der Waals surface area (Å²) >= 11 is 0. The Morgan fingerprint density at radius 2 is 0.814 bits per heavy atom. The zero-order chi connectivity index (χ0) is 48.8. The molecule has 0 saturated carbocycles. The maximum absolute atomic E-state index is 14.3. The van der Waals surface area contributed by atoms with E-state index in [2.05, 4.69) is 116 Å². The van der Waals surface area contributed by atoms with Gasteiger partial charge >= 0.3 is 12.4 Å². The van der Waals surface area contributed by atoms with E-state index in [0.717, 1.165) is 100 Å². The number of aryl methyl sites for hydroxylation is 4. The van der Waals surface area contributed by atoms with Gasteiger partial charge in [-0.1, -0.05) is 113 Å². The van der Waals surface area contributed by atoms with E-state index >= 15 is 0 Å². The Balaban J connectivity index is 1.19. The van der Waals surface area contributed by atoms with Crippen molar-refractivity contribution in [3.05, 3.63) is 215 Å². The monoisotopic (exact) mass is 929 g/mol. The summed E-state index contributed by atoms with van der Waals surface area (Å²) in [5.41, 5.74) is 11.6. The van der Waals surface area contributed by atoms with Gasteiger partial charge in [-0.25, -0.2) is 0 Å². The summed E-state index contributed by atoms with van der Waals surface area (Å²) in [6.07, 6.45) is -10.1. The summed E-state index contributed by atoms with van der Waals surface area (Å²) in [6, 6.07) is 55.8. The summed E-state index contributed by atoms with van der Waals surface area (Å²) in [7, 11) is 0. The molecule has 0 aliphatic rings. The van der Waals surface area contributed by atoms with E-state index in [9.17, 15) is 31.6 Å². The van der Waals surface area contributed by atoms with Crippen LogP contribution < -0.4 is 0 Å². The van der Waals surface area contributed by atoms with Gasteiger partial charge in [0, 0.05) is 38.4 Å². The van der Waals surface area contributed by atoms with Gasteiger partial charge in [0.2, 0.25) is 0 Å². The maximum atomic E-state index is 14.3. The molecule has 342 valence electrons. The van der Waals surface area contributed by atoms with Crippen molar-refractivity contribution in [2.45, 2.75) is 40.0 Å². The number of benzene rings is 9. The van der Waals surface area contributed by atoms with Crippen LogP contribution in [0.5, 0.6) is 0 Å². The topological polar surface area (TPSA) is 33.6 Å². The van der Waals surface area contributed by atoms with Gasteiger partial charge in [0.05, 0.1) is 50.5 Å². The number of rotatable bonds is 6. The van der Waals surface area contributed by atoms with Gasteiger partial charge in [-0.3, -0.25) is 0 Å². The highest BCUT2D eigenvalue weighted by Crippen LogP contribution is 2.44. The van der Waals surface area contributed by atoms with Crippen molar-refractivity contribution in [1.82, 2.24) is 9.13 Å². The van der Waals surface area contributed by atoms with E-state index in [1.54, 1.807) is 24.3 Å². The summed E-state index contributed by atoms with van der Waals surface area (Å²) in [5.74, 6) is 0. The Bertz CT molecular complexity index is 3920. The lowest BCUT2D eigenvalue weighted by Crippen LogP contribution is -2.11. The molecule has 0 aliphatic heterocycles. The Morgan fingerprint density at radius 1 is 0.371 bits per heavy atom. The van der Waals surface area contributed by atoms with Crippen molar-refractivity contribution in [3.8, 4) is 62.0 Å². The first kappa shape index (κ1) is 44.2. The molecule has 0 atom stereocenters. The second kappa shape index (κ2) is 16.4. The van der Waals surface area contributed by atoms with Crippen LogP contribution in [-0.4, -0.2) is 9.13 Å². The van der Waals surface area contributed by atoms with Crippen LogP contribution in [0.25, 0.3) is 99.5 Å². The summed E-state index contributed by atoms with van der Waals surface area (Å²) in [5, 5.41) is 14.8. The molecule has 0 unspecified atom stereocenters. The lowest BCUT2D eigenvalue weighted by atomic mass is 9.92. The van der Waals surface area contributed by atoms with Crippen LogP contribution in [0.4, 0.5) is 26.3 Å². The number of hydrogen-bond donors (Lipinski definition) is 0. The number of nitrogens with zero attached hydrogens (tertiary/aromatic N) is 3. The van der Waals surface area contributed by atoms with E-state index in [-0.39, 0.29) is 22.8 Å². The molecule has 0 saturated heterocycles. The van der Waals surface area contributed by atoms with Gasteiger partial charge in [0.25, 0.3) is 0 Å². The minimum absolute atomic E-state index is 0.110. The quantitative estimate of drug-likeness (QED) is 0.153. The molecule has 11 rings (SSSR count). The molecule has 0 N–H and O–H groups in total. The van der Waals surface area contributed by atoms with Gasteiger partial charge in [-0.2, -0.15) is 31.6 Å². The predicted octanol–water partition coefficient (Wildman–Crippen LogP) is 17.7. The third-order valence-corrected chi connectivity index (χ3v) is 13.3. The van der Waals surface area contributed by atoms with Crippen molar-refractivity contribution in [1.29, 1.82) is 5.26 Å². The minimum atomic E-state index is -5.05. The Hall–Kier alpha value is -8.35. The first-order chi connectivity index (χ1) is 33.5.